The zero-order valence-electron chi connectivity index (χ0n) is 12.4. The number of piperidine rings is 1. The molecule has 2 heterocycles. The molecule has 1 fully saturated rings. The Labute approximate surface area is 129 Å². The molecule has 0 aromatic carbocycles. The van der Waals surface area contributed by atoms with Crippen LogP contribution in [0.3, 0.4) is 0 Å². The highest BCUT2D eigenvalue weighted by molar-refractivity contribution is 7.14. The minimum absolute atomic E-state index is 0.0127. The van der Waals surface area contributed by atoms with Crippen LogP contribution >= 0.6 is 11.3 Å². The highest BCUT2D eigenvalue weighted by Crippen LogP contribution is 2.22. The summed E-state index contributed by atoms with van der Waals surface area (Å²) in [5.41, 5.74) is 0.541. The van der Waals surface area contributed by atoms with E-state index in [1.165, 1.54) is 11.3 Å². The quantitative estimate of drug-likeness (QED) is 0.844. The van der Waals surface area contributed by atoms with E-state index >= 15 is 0 Å². The lowest BCUT2D eigenvalue weighted by molar-refractivity contribution is -0.116. The third-order valence-corrected chi connectivity index (χ3v) is 4.73. The first-order valence-corrected chi connectivity index (χ1v) is 8.34. The van der Waals surface area contributed by atoms with E-state index in [0.717, 1.165) is 39.0 Å². The van der Waals surface area contributed by atoms with Crippen LogP contribution in [0.1, 0.15) is 31.7 Å². The standard InChI is InChI=1S/C15H22N4OS/c1-2-19(13-3-7-17-8-4-13)9-5-14(20)18-15-12(11-16)6-10-21-15/h6,10,13,17H,2-5,7-9H2,1H3,(H,18,20). The van der Waals surface area contributed by atoms with E-state index in [9.17, 15) is 4.79 Å². The highest BCUT2D eigenvalue weighted by Gasteiger charge is 2.20. The van der Waals surface area contributed by atoms with Gasteiger partial charge in [0.25, 0.3) is 0 Å². The van der Waals surface area contributed by atoms with E-state index in [0.29, 0.717) is 23.0 Å². The molecule has 21 heavy (non-hydrogen) atoms. The number of hydrogen-bond acceptors (Lipinski definition) is 5. The Balaban J connectivity index is 1.81. The van der Waals surface area contributed by atoms with Crippen molar-refractivity contribution >= 4 is 22.2 Å². The molecule has 0 saturated carbocycles. The molecule has 1 aromatic rings. The summed E-state index contributed by atoms with van der Waals surface area (Å²) in [4.78, 5) is 14.4. The van der Waals surface area contributed by atoms with Crippen molar-refractivity contribution in [2.24, 2.45) is 0 Å². The lowest BCUT2D eigenvalue weighted by Crippen LogP contribution is -2.44. The first kappa shape index (κ1) is 16.0. The van der Waals surface area contributed by atoms with Crippen molar-refractivity contribution in [1.29, 1.82) is 5.26 Å². The maximum absolute atomic E-state index is 12.0. The van der Waals surface area contributed by atoms with Crippen LogP contribution in [0.25, 0.3) is 0 Å². The number of nitriles is 1. The average Bonchev–Trinajstić information content (AvgIpc) is 2.96. The molecule has 2 N–H and O–H groups in total. The highest BCUT2D eigenvalue weighted by atomic mass is 32.1. The molecule has 6 heteroatoms. The Hall–Kier alpha value is -1.42. The molecule has 0 aliphatic carbocycles. The number of thiophene rings is 1. The minimum Gasteiger partial charge on any atom is -0.317 e. The monoisotopic (exact) mass is 306 g/mol. The first-order chi connectivity index (χ1) is 10.2. The maximum Gasteiger partial charge on any atom is 0.226 e. The largest absolute Gasteiger partial charge is 0.317 e. The van der Waals surface area contributed by atoms with Gasteiger partial charge in [-0.25, -0.2) is 0 Å². The molecule has 0 spiro atoms. The Morgan fingerprint density at radius 2 is 2.33 bits per heavy atom. The molecule has 0 bridgehead atoms. The minimum atomic E-state index is -0.0127. The van der Waals surface area contributed by atoms with E-state index < -0.39 is 0 Å². The molecule has 5 nitrogen and oxygen atoms in total. The van der Waals surface area contributed by atoms with Crippen LogP contribution in [0.5, 0.6) is 0 Å². The predicted octanol–water partition coefficient (Wildman–Crippen LogP) is 2.02. The molecule has 2 rings (SSSR count). The average molecular weight is 306 g/mol. The van der Waals surface area contributed by atoms with Gasteiger partial charge in [0.05, 0.1) is 5.56 Å². The lowest BCUT2D eigenvalue weighted by Gasteiger charge is -2.33. The van der Waals surface area contributed by atoms with Crippen molar-refractivity contribution < 1.29 is 4.79 Å². The smallest absolute Gasteiger partial charge is 0.226 e. The van der Waals surface area contributed by atoms with Crippen molar-refractivity contribution in [3.8, 4) is 6.07 Å². The molecule has 1 aliphatic heterocycles. The number of anilines is 1. The molecule has 0 radical (unpaired) electrons. The first-order valence-electron chi connectivity index (χ1n) is 7.46. The van der Waals surface area contributed by atoms with Crippen molar-refractivity contribution in [2.45, 2.75) is 32.2 Å². The molecule has 0 atom stereocenters. The third-order valence-electron chi connectivity index (χ3n) is 3.90. The fraction of sp³-hybridized carbons (Fsp3) is 0.600. The topological polar surface area (TPSA) is 68.2 Å². The van der Waals surface area contributed by atoms with Crippen molar-refractivity contribution in [3.63, 3.8) is 0 Å². The Morgan fingerprint density at radius 1 is 1.57 bits per heavy atom. The third kappa shape index (κ3) is 4.53. The van der Waals surface area contributed by atoms with Gasteiger partial charge in [-0.3, -0.25) is 4.79 Å². The molecule has 1 amide bonds. The number of carbonyl (C=O) groups excluding carboxylic acids is 1. The summed E-state index contributed by atoms with van der Waals surface area (Å²) in [7, 11) is 0. The van der Waals surface area contributed by atoms with Gasteiger partial charge in [-0.1, -0.05) is 6.92 Å². The van der Waals surface area contributed by atoms with Gasteiger partial charge in [-0.2, -0.15) is 5.26 Å². The van der Waals surface area contributed by atoms with Crippen molar-refractivity contribution in [3.05, 3.63) is 17.0 Å². The predicted molar refractivity (Wildman–Crippen MR) is 85.4 cm³/mol. The molecular formula is C15H22N4OS. The van der Waals surface area contributed by atoms with Gasteiger partial charge < -0.3 is 15.5 Å². The Morgan fingerprint density at radius 3 is 3.00 bits per heavy atom. The van der Waals surface area contributed by atoms with E-state index in [1.807, 2.05) is 5.38 Å². The molecule has 1 aliphatic rings. The molecule has 1 aromatic heterocycles. The molecule has 1 saturated heterocycles. The van der Waals surface area contributed by atoms with Gasteiger partial charge >= 0.3 is 0 Å². The zero-order valence-corrected chi connectivity index (χ0v) is 13.2. The van der Waals surface area contributed by atoms with Gasteiger partial charge in [0.15, 0.2) is 0 Å². The summed E-state index contributed by atoms with van der Waals surface area (Å²) in [6.07, 6.45) is 2.78. The summed E-state index contributed by atoms with van der Waals surface area (Å²) in [5.74, 6) is -0.0127. The van der Waals surface area contributed by atoms with Gasteiger partial charge in [-0.05, 0) is 43.9 Å². The SMILES string of the molecule is CCN(CCC(=O)Nc1sccc1C#N)C1CCNCC1. The van der Waals surface area contributed by atoms with Crippen LogP contribution < -0.4 is 10.6 Å². The molecular weight excluding hydrogens is 284 g/mol. The Bertz CT molecular complexity index is 502. The number of rotatable bonds is 6. The van der Waals surface area contributed by atoms with Crippen molar-refractivity contribution in [1.82, 2.24) is 10.2 Å². The van der Waals surface area contributed by atoms with E-state index in [2.05, 4.69) is 28.5 Å². The van der Waals surface area contributed by atoms with E-state index in [1.54, 1.807) is 6.07 Å². The van der Waals surface area contributed by atoms with Gasteiger partial charge in [0.2, 0.25) is 5.91 Å². The fourth-order valence-corrected chi connectivity index (χ4v) is 3.45. The second-order valence-electron chi connectivity index (χ2n) is 5.18. The lowest BCUT2D eigenvalue weighted by atomic mass is 10.0. The van der Waals surface area contributed by atoms with E-state index in [-0.39, 0.29) is 5.91 Å². The van der Waals surface area contributed by atoms with Crippen LogP contribution in [0, 0.1) is 11.3 Å². The fourth-order valence-electron chi connectivity index (χ4n) is 2.70. The van der Waals surface area contributed by atoms with Crippen LogP contribution in [-0.4, -0.2) is 43.0 Å². The Kier molecular flexibility index (Phi) is 6.18. The van der Waals surface area contributed by atoms with E-state index in [4.69, 9.17) is 5.26 Å². The summed E-state index contributed by atoms with van der Waals surface area (Å²) in [5, 5.41) is 17.6. The number of nitrogens with one attached hydrogen (secondary N) is 2. The zero-order chi connectivity index (χ0) is 15.1. The number of carbonyl (C=O) groups is 1. The second kappa shape index (κ2) is 8.13. The van der Waals surface area contributed by atoms with Crippen molar-refractivity contribution in [2.75, 3.05) is 31.5 Å². The van der Waals surface area contributed by atoms with Gasteiger partial charge in [0, 0.05) is 19.0 Å². The van der Waals surface area contributed by atoms with Gasteiger partial charge in [0.1, 0.15) is 11.1 Å². The summed E-state index contributed by atoms with van der Waals surface area (Å²) < 4.78 is 0. The normalized spacial score (nSPS) is 15.9. The summed E-state index contributed by atoms with van der Waals surface area (Å²) in [6.45, 7) is 6.02. The van der Waals surface area contributed by atoms with Crippen LogP contribution in [0.15, 0.2) is 11.4 Å². The van der Waals surface area contributed by atoms with Crippen LogP contribution in [0.2, 0.25) is 0 Å². The second-order valence-corrected chi connectivity index (χ2v) is 6.10. The number of hydrogen-bond donors (Lipinski definition) is 2. The maximum atomic E-state index is 12.0. The van der Waals surface area contributed by atoms with Gasteiger partial charge in [-0.15, -0.1) is 11.3 Å². The number of nitrogens with zero attached hydrogens (tertiary/aromatic N) is 2. The molecule has 114 valence electrons. The summed E-state index contributed by atoms with van der Waals surface area (Å²) in [6, 6.07) is 4.40. The molecule has 0 unspecified atom stereocenters. The summed E-state index contributed by atoms with van der Waals surface area (Å²) >= 11 is 1.39. The van der Waals surface area contributed by atoms with Crippen LogP contribution in [0.4, 0.5) is 5.00 Å². The number of amides is 1. The van der Waals surface area contributed by atoms with Crippen LogP contribution in [-0.2, 0) is 4.79 Å².